The number of nitrogens with zero attached hydrogens (tertiary/aromatic N) is 1. The number of hydrogen-bond acceptors (Lipinski definition) is 2. The summed E-state index contributed by atoms with van der Waals surface area (Å²) in [6.07, 6.45) is 1.51. The van der Waals surface area contributed by atoms with Crippen molar-refractivity contribution in [1.82, 2.24) is 4.90 Å². The normalized spacial score (nSPS) is 10.4. The molecule has 0 saturated heterocycles. The minimum absolute atomic E-state index is 0.0325. The Hall–Kier alpha value is -1.77. The Morgan fingerprint density at radius 2 is 2.00 bits per heavy atom. The molecule has 0 aliphatic heterocycles. The molecule has 1 amide bonds. The fourth-order valence-corrected chi connectivity index (χ4v) is 1.38. The molecule has 3 heteroatoms. The summed E-state index contributed by atoms with van der Waals surface area (Å²) in [6, 6.07) is 7.51. The van der Waals surface area contributed by atoms with Gasteiger partial charge in [-0.05, 0) is 6.07 Å². The van der Waals surface area contributed by atoms with Gasteiger partial charge in [-0.15, -0.1) is 0 Å². The van der Waals surface area contributed by atoms with Crippen LogP contribution in [0.2, 0.25) is 0 Å². The monoisotopic (exact) mass is 189 g/mol. The molecule has 0 fully saturated rings. The van der Waals surface area contributed by atoms with Crippen LogP contribution in [-0.4, -0.2) is 24.9 Å². The molecule has 2 aromatic rings. The van der Waals surface area contributed by atoms with E-state index in [1.165, 1.54) is 11.2 Å². The Kier molecular flexibility index (Phi) is 2.00. The maximum absolute atomic E-state index is 11.7. The maximum atomic E-state index is 11.7. The van der Waals surface area contributed by atoms with Crippen LogP contribution in [-0.2, 0) is 0 Å². The van der Waals surface area contributed by atoms with Crippen LogP contribution in [0.1, 0.15) is 10.4 Å². The van der Waals surface area contributed by atoms with E-state index in [1.807, 2.05) is 24.3 Å². The second-order valence-electron chi connectivity index (χ2n) is 3.35. The average Bonchev–Trinajstić information content (AvgIpc) is 2.60. The zero-order valence-corrected chi connectivity index (χ0v) is 8.15. The van der Waals surface area contributed by atoms with Gasteiger partial charge in [-0.25, -0.2) is 0 Å². The lowest BCUT2D eigenvalue weighted by Crippen LogP contribution is -2.21. The van der Waals surface area contributed by atoms with Crippen LogP contribution in [0.25, 0.3) is 11.0 Å². The van der Waals surface area contributed by atoms with Gasteiger partial charge in [0.25, 0.3) is 5.91 Å². The molecular formula is C11H11NO2. The fourth-order valence-electron chi connectivity index (χ4n) is 1.38. The summed E-state index contributed by atoms with van der Waals surface area (Å²) in [5.41, 5.74) is 1.36. The molecule has 0 unspecified atom stereocenters. The zero-order chi connectivity index (χ0) is 10.1. The highest BCUT2D eigenvalue weighted by atomic mass is 16.3. The van der Waals surface area contributed by atoms with Crippen LogP contribution in [0.5, 0.6) is 0 Å². The van der Waals surface area contributed by atoms with Crippen molar-refractivity contribution in [3.63, 3.8) is 0 Å². The van der Waals surface area contributed by atoms with Crippen LogP contribution >= 0.6 is 0 Å². The van der Waals surface area contributed by atoms with E-state index in [-0.39, 0.29) is 5.91 Å². The van der Waals surface area contributed by atoms with Crippen molar-refractivity contribution in [2.24, 2.45) is 0 Å². The number of carbonyl (C=O) groups excluding carboxylic acids is 1. The first-order chi connectivity index (χ1) is 6.70. The topological polar surface area (TPSA) is 33.5 Å². The highest BCUT2D eigenvalue weighted by Gasteiger charge is 2.14. The summed E-state index contributed by atoms with van der Waals surface area (Å²) in [5, 5.41) is 0.867. The number of rotatable bonds is 1. The van der Waals surface area contributed by atoms with Gasteiger partial charge in [0.15, 0.2) is 0 Å². The number of benzene rings is 1. The number of fused-ring (bicyclic) bond motifs is 1. The van der Waals surface area contributed by atoms with Gasteiger partial charge in [0.1, 0.15) is 11.8 Å². The van der Waals surface area contributed by atoms with E-state index in [4.69, 9.17) is 4.42 Å². The Balaban J connectivity index is 2.58. The number of furan rings is 1. The average molecular weight is 189 g/mol. The van der Waals surface area contributed by atoms with Gasteiger partial charge >= 0.3 is 0 Å². The molecule has 14 heavy (non-hydrogen) atoms. The van der Waals surface area contributed by atoms with E-state index in [9.17, 15) is 4.79 Å². The standard InChI is InChI=1S/C11H11NO2/c1-12(2)11(13)9-7-14-10-6-4-3-5-8(9)10/h3-7H,1-2H3. The SMILES string of the molecule is CN(C)C(=O)c1coc2ccccc12. The summed E-state index contributed by atoms with van der Waals surface area (Å²) in [7, 11) is 3.45. The highest BCUT2D eigenvalue weighted by molar-refractivity contribution is 6.05. The smallest absolute Gasteiger partial charge is 0.257 e. The van der Waals surface area contributed by atoms with Crippen molar-refractivity contribution >= 4 is 16.9 Å². The van der Waals surface area contributed by atoms with Crippen LogP contribution in [0, 0.1) is 0 Å². The molecule has 2 rings (SSSR count). The lowest BCUT2D eigenvalue weighted by atomic mass is 10.1. The molecule has 0 aliphatic rings. The molecule has 1 heterocycles. The minimum Gasteiger partial charge on any atom is -0.463 e. The first-order valence-electron chi connectivity index (χ1n) is 4.38. The quantitative estimate of drug-likeness (QED) is 0.688. The predicted molar refractivity (Wildman–Crippen MR) is 54.2 cm³/mol. The number of para-hydroxylation sites is 1. The molecular weight excluding hydrogens is 178 g/mol. The number of hydrogen-bond donors (Lipinski definition) is 0. The van der Waals surface area contributed by atoms with Crippen molar-refractivity contribution in [3.05, 3.63) is 36.1 Å². The summed E-state index contributed by atoms with van der Waals surface area (Å²) in [5.74, 6) is -0.0325. The van der Waals surface area contributed by atoms with Crippen LogP contribution < -0.4 is 0 Å². The Morgan fingerprint density at radius 3 is 2.71 bits per heavy atom. The first kappa shape index (κ1) is 8.81. The summed E-state index contributed by atoms with van der Waals surface area (Å²) in [6.45, 7) is 0. The van der Waals surface area contributed by atoms with Crippen molar-refractivity contribution in [2.45, 2.75) is 0 Å². The minimum atomic E-state index is -0.0325. The predicted octanol–water partition coefficient (Wildman–Crippen LogP) is 2.13. The fraction of sp³-hybridized carbons (Fsp3) is 0.182. The molecule has 0 N–H and O–H groups in total. The molecule has 1 aromatic carbocycles. The van der Waals surface area contributed by atoms with Crippen molar-refractivity contribution in [2.75, 3.05) is 14.1 Å². The van der Waals surface area contributed by atoms with E-state index in [0.717, 1.165) is 11.0 Å². The van der Waals surface area contributed by atoms with Crippen molar-refractivity contribution < 1.29 is 9.21 Å². The highest BCUT2D eigenvalue weighted by Crippen LogP contribution is 2.21. The molecule has 0 spiro atoms. The molecule has 0 radical (unpaired) electrons. The lowest BCUT2D eigenvalue weighted by Gasteiger charge is -2.07. The third kappa shape index (κ3) is 1.27. The number of carbonyl (C=O) groups is 1. The largest absolute Gasteiger partial charge is 0.463 e. The molecule has 0 atom stereocenters. The maximum Gasteiger partial charge on any atom is 0.257 e. The van der Waals surface area contributed by atoms with Gasteiger partial charge in [0, 0.05) is 19.5 Å². The lowest BCUT2D eigenvalue weighted by molar-refractivity contribution is 0.0828. The van der Waals surface area contributed by atoms with Gasteiger partial charge in [-0.3, -0.25) is 4.79 Å². The number of amides is 1. The first-order valence-corrected chi connectivity index (χ1v) is 4.38. The van der Waals surface area contributed by atoms with Gasteiger partial charge < -0.3 is 9.32 Å². The van der Waals surface area contributed by atoms with Crippen molar-refractivity contribution in [1.29, 1.82) is 0 Å². The molecule has 0 bridgehead atoms. The third-order valence-electron chi connectivity index (χ3n) is 2.12. The second-order valence-corrected chi connectivity index (χ2v) is 3.35. The van der Waals surface area contributed by atoms with E-state index in [1.54, 1.807) is 14.1 Å². The molecule has 0 saturated carbocycles. The summed E-state index contributed by atoms with van der Waals surface area (Å²) >= 11 is 0. The van der Waals surface area contributed by atoms with Gasteiger partial charge in [-0.1, -0.05) is 18.2 Å². The van der Waals surface area contributed by atoms with Crippen LogP contribution in [0.4, 0.5) is 0 Å². The zero-order valence-electron chi connectivity index (χ0n) is 8.15. The van der Waals surface area contributed by atoms with Gasteiger partial charge in [0.05, 0.1) is 5.56 Å². The molecule has 3 nitrogen and oxygen atoms in total. The Morgan fingerprint density at radius 1 is 1.29 bits per heavy atom. The Labute approximate surface area is 81.9 Å². The van der Waals surface area contributed by atoms with E-state index >= 15 is 0 Å². The molecule has 72 valence electrons. The molecule has 1 aromatic heterocycles. The van der Waals surface area contributed by atoms with Crippen LogP contribution in [0.15, 0.2) is 34.9 Å². The molecule has 0 aliphatic carbocycles. The summed E-state index contributed by atoms with van der Waals surface area (Å²) < 4.78 is 5.27. The van der Waals surface area contributed by atoms with E-state index in [2.05, 4.69) is 0 Å². The summed E-state index contributed by atoms with van der Waals surface area (Å²) in [4.78, 5) is 13.2. The van der Waals surface area contributed by atoms with Gasteiger partial charge in [0.2, 0.25) is 0 Å². The third-order valence-corrected chi connectivity index (χ3v) is 2.12. The van der Waals surface area contributed by atoms with Gasteiger partial charge in [-0.2, -0.15) is 0 Å². The Bertz CT molecular complexity index is 471. The van der Waals surface area contributed by atoms with Crippen molar-refractivity contribution in [3.8, 4) is 0 Å². The second kappa shape index (κ2) is 3.18. The van der Waals surface area contributed by atoms with Crippen LogP contribution in [0.3, 0.4) is 0 Å². The van der Waals surface area contributed by atoms with E-state index < -0.39 is 0 Å². The van der Waals surface area contributed by atoms with E-state index in [0.29, 0.717) is 5.56 Å².